The van der Waals surface area contributed by atoms with Crippen molar-refractivity contribution < 1.29 is 9.53 Å². The molecule has 84 valence electrons. The molecule has 0 aliphatic rings. The number of esters is 1. The normalized spacial score (nSPS) is 9.62. The van der Waals surface area contributed by atoms with E-state index in [1.165, 1.54) is 6.07 Å². The molecule has 3 nitrogen and oxygen atoms in total. The van der Waals surface area contributed by atoms with Crippen LogP contribution in [0.5, 0.6) is 0 Å². The van der Waals surface area contributed by atoms with Gasteiger partial charge in [0.15, 0.2) is 0 Å². The zero-order valence-corrected chi connectivity index (χ0v) is 9.97. The Labute approximate surface area is 99.6 Å². The second-order valence-electron chi connectivity index (χ2n) is 3.18. The average Bonchev–Trinajstić information content (AvgIpc) is 2.29. The van der Waals surface area contributed by atoms with Gasteiger partial charge in [-0.1, -0.05) is 18.5 Å². The van der Waals surface area contributed by atoms with Crippen molar-refractivity contribution in [1.29, 1.82) is 5.26 Å². The van der Waals surface area contributed by atoms with E-state index >= 15 is 0 Å². The molecule has 0 saturated carbocycles. The van der Waals surface area contributed by atoms with Crippen molar-refractivity contribution >= 4 is 17.6 Å². The lowest BCUT2D eigenvalue weighted by atomic mass is 10.0. The monoisotopic (exact) mass is 237 g/mol. The van der Waals surface area contributed by atoms with Crippen molar-refractivity contribution in [2.75, 3.05) is 6.61 Å². The molecule has 0 spiro atoms. The first-order chi connectivity index (χ1) is 7.63. The first-order valence-corrected chi connectivity index (χ1v) is 5.41. The second kappa shape index (κ2) is 5.53. The summed E-state index contributed by atoms with van der Waals surface area (Å²) in [6.45, 7) is 3.97. The Balaban J connectivity index is 3.24. The quantitative estimate of drug-likeness (QED) is 0.760. The number of hydrogen-bond donors (Lipinski definition) is 0. The molecule has 0 aliphatic carbocycles. The minimum atomic E-state index is -0.397. The largest absolute Gasteiger partial charge is 0.462 e. The molecule has 0 saturated heterocycles. The highest BCUT2D eigenvalue weighted by Gasteiger charge is 2.14. The number of ether oxygens (including phenoxy) is 1. The summed E-state index contributed by atoms with van der Waals surface area (Å²) in [6.07, 6.45) is 0.653. The van der Waals surface area contributed by atoms with Crippen molar-refractivity contribution in [1.82, 2.24) is 0 Å². The predicted octanol–water partition coefficient (Wildman–Crippen LogP) is 2.95. The lowest BCUT2D eigenvalue weighted by Crippen LogP contribution is -2.08. The summed E-state index contributed by atoms with van der Waals surface area (Å²) in [5, 5.41) is 9.10. The highest BCUT2D eigenvalue weighted by Crippen LogP contribution is 2.22. The molecule has 0 unspecified atom stereocenters. The number of rotatable bonds is 3. The van der Waals surface area contributed by atoms with Crippen LogP contribution in [0.25, 0.3) is 0 Å². The van der Waals surface area contributed by atoms with E-state index in [1.807, 2.05) is 13.0 Å². The summed E-state index contributed by atoms with van der Waals surface area (Å²) < 4.78 is 4.92. The zero-order chi connectivity index (χ0) is 12.1. The van der Waals surface area contributed by atoms with Crippen LogP contribution in [0, 0.1) is 11.3 Å². The van der Waals surface area contributed by atoms with E-state index in [0.717, 1.165) is 5.56 Å². The Morgan fingerprint density at radius 3 is 2.69 bits per heavy atom. The zero-order valence-electron chi connectivity index (χ0n) is 9.21. The molecule has 0 atom stereocenters. The van der Waals surface area contributed by atoms with Crippen LogP contribution in [-0.4, -0.2) is 12.6 Å². The molecule has 0 aliphatic heterocycles. The van der Waals surface area contributed by atoms with Crippen molar-refractivity contribution in [3.63, 3.8) is 0 Å². The van der Waals surface area contributed by atoms with Crippen LogP contribution < -0.4 is 0 Å². The van der Waals surface area contributed by atoms with Gasteiger partial charge in [-0.3, -0.25) is 0 Å². The van der Waals surface area contributed by atoms with Gasteiger partial charge < -0.3 is 4.74 Å². The highest BCUT2D eigenvalue weighted by atomic mass is 35.5. The van der Waals surface area contributed by atoms with Crippen LogP contribution in [0.2, 0.25) is 5.02 Å². The Hall–Kier alpha value is -1.53. The Morgan fingerprint density at radius 2 is 2.19 bits per heavy atom. The molecule has 0 aromatic heterocycles. The molecule has 1 aromatic rings. The van der Waals surface area contributed by atoms with E-state index in [1.54, 1.807) is 13.0 Å². The van der Waals surface area contributed by atoms with Gasteiger partial charge in [0.2, 0.25) is 0 Å². The van der Waals surface area contributed by atoms with Crippen LogP contribution >= 0.6 is 11.6 Å². The SMILES string of the molecule is CCOC(=O)c1cc(Cl)c(C#N)cc1CC. The smallest absolute Gasteiger partial charge is 0.338 e. The number of aryl methyl sites for hydroxylation is 1. The third-order valence-corrected chi connectivity index (χ3v) is 2.50. The second-order valence-corrected chi connectivity index (χ2v) is 3.58. The van der Waals surface area contributed by atoms with Gasteiger partial charge >= 0.3 is 5.97 Å². The molecule has 16 heavy (non-hydrogen) atoms. The summed E-state index contributed by atoms with van der Waals surface area (Å²) in [4.78, 5) is 11.6. The fourth-order valence-corrected chi connectivity index (χ4v) is 1.60. The minimum Gasteiger partial charge on any atom is -0.462 e. The van der Waals surface area contributed by atoms with Crippen LogP contribution in [0.1, 0.15) is 35.3 Å². The van der Waals surface area contributed by atoms with Gasteiger partial charge in [-0.15, -0.1) is 0 Å². The predicted molar refractivity (Wildman–Crippen MR) is 61.5 cm³/mol. The molecule has 0 bridgehead atoms. The molecule has 0 radical (unpaired) electrons. The topological polar surface area (TPSA) is 50.1 Å². The summed E-state index contributed by atoms with van der Waals surface area (Å²) >= 11 is 5.87. The van der Waals surface area contributed by atoms with E-state index in [4.69, 9.17) is 21.6 Å². The third kappa shape index (κ3) is 2.53. The molecule has 1 rings (SSSR count). The van der Waals surface area contributed by atoms with Gasteiger partial charge in [0.25, 0.3) is 0 Å². The van der Waals surface area contributed by atoms with E-state index in [-0.39, 0.29) is 5.02 Å². The third-order valence-electron chi connectivity index (χ3n) is 2.19. The Bertz CT molecular complexity index is 449. The van der Waals surface area contributed by atoms with Gasteiger partial charge in [0.1, 0.15) is 6.07 Å². The van der Waals surface area contributed by atoms with Crippen LogP contribution in [-0.2, 0) is 11.2 Å². The van der Waals surface area contributed by atoms with Crippen molar-refractivity contribution in [2.45, 2.75) is 20.3 Å². The molecule has 0 amide bonds. The van der Waals surface area contributed by atoms with E-state index in [2.05, 4.69) is 0 Å². The van der Waals surface area contributed by atoms with E-state index < -0.39 is 5.97 Å². The minimum absolute atomic E-state index is 0.280. The molecule has 1 aromatic carbocycles. The van der Waals surface area contributed by atoms with Gasteiger partial charge in [0.05, 0.1) is 22.8 Å². The lowest BCUT2D eigenvalue weighted by Gasteiger charge is -2.08. The van der Waals surface area contributed by atoms with Crippen LogP contribution in [0.3, 0.4) is 0 Å². The average molecular weight is 238 g/mol. The van der Waals surface area contributed by atoms with Crippen LogP contribution in [0.4, 0.5) is 0 Å². The first-order valence-electron chi connectivity index (χ1n) is 5.03. The number of nitriles is 1. The van der Waals surface area contributed by atoms with Crippen molar-refractivity contribution in [3.05, 3.63) is 33.8 Å². The van der Waals surface area contributed by atoms with Crippen LogP contribution in [0.15, 0.2) is 12.1 Å². The van der Waals surface area contributed by atoms with Gasteiger partial charge in [-0.05, 0) is 31.0 Å². The fraction of sp³-hybridized carbons (Fsp3) is 0.333. The summed E-state index contributed by atoms with van der Waals surface area (Å²) in [5.74, 6) is -0.397. The molecular formula is C12H12ClNO2. The molecule has 4 heteroatoms. The summed E-state index contributed by atoms with van der Waals surface area (Å²) in [7, 11) is 0. The molecule has 0 N–H and O–H groups in total. The number of hydrogen-bond acceptors (Lipinski definition) is 3. The maximum atomic E-state index is 11.6. The number of nitrogens with zero attached hydrogens (tertiary/aromatic N) is 1. The van der Waals surface area contributed by atoms with Gasteiger partial charge in [0, 0.05) is 0 Å². The number of carbonyl (C=O) groups is 1. The maximum absolute atomic E-state index is 11.6. The highest BCUT2D eigenvalue weighted by molar-refractivity contribution is 6.32. The van der Waals surface area contributed by atoms with E-state index in [0.29, 0.717) is 24.2 Å². The van der Waals surface area contributed by atoms with Crippen molar-refractivity contribution in [3.8, 4) is 6.07 Å². The summed E-state index contributed by atoms with van der Waals surface area (Å²) in [5.41, 5.74) is 1.60. The molecule has 0 heterocycles. The molecule has 0 fully saturated rings. The van der Waals surface area contributed by atoms with Gasteiger partial charge in [-0.25, -0.2) is 4.79 Å². The standard InChI is InChI=1S/C12H12ClNO2/c1-3-8-5-9(7-14)11(13)6-10(8)12(15)16-4-2/h5-6H,3-4H2,1-2H3. The van der Waals surface area contributed by atoms with Gasteiger partial charge in [-0.2, -0.15) is 5.26 Å². The molecular weight excluding hydrogens is 226 g/mol. The van der Waals surface area contributed by atoms with Crippen molar-refractivity contribution in [2.24, 2.45) is 0 Å². The first kappa shape index (κ1) is 12.5. The Kier molecular flexibility index (Phi) is 4.33. The maximum Gasteiger partial charge on any atom is 0.338 e. The summed E-state index contributed by atoms with van der Waals surface area (Å²) in [6, 6.07) is 5.11. The fourth-order valence-electron chi connectivity index (χ4n) is 1.40. The van der Waals surface area contributed by atoms with E-state index in [9.17, 15) is 4.79 Å². The lowest BCUT2D eigenvalue weighted by molar-refractivity contribution is 0.0525. The Morgan fingerprint density at radius 1 is 1.50 bits per heavy atom. The number of benzene rings is 1. The number of halogens is 1. The number of carbonyl (C=O) groups excluding carboxylic acids is 1.